The first-order valence-electron chi connectivity index (χ1n) is 18.6. The van der Waals surface area contributed by atoms with E-state index in [2.05, 4.69) is 31.8 Å². The van der Waals surface area contributed by atoms with Gasteiger partial charge >= 0.3 is 11.9 Å². The summed E-state index contributed by atoms with van der Waals surface area (Å²) < 4.78 is 10.4. The van der Waals surface area contributed by atoms with Gasteiger partial charge in [0.15, 0.2) is 0 Å². The minimum atomic E-state index is -0.345. The molecule has 0 aromatic heterocycles. The number of anilines is 1. The van der Waals surface area contributed by atoms with Gasteiger partial charge in [-0.05, 0) is 96.9 Å². The summed E-state index contributed by atoms with van der Waals surface area (Å²) in [6.07, 6.45) is 1.81. The van der Waals surface area contributed by atoms with E-state index in [9.17, 15) is 9.59 Å². The van der Waals surface area contributed by atoms with Gasteiger partial charge in [-0.3, -0.25) is 4.79 Å². The maximum atomic E-state index is 12.1. The smallest absolute Gasteiger partial charge is 0.338 e. The van der Waals surface area contributed by atoms with Crippen LogP contribution in [-0.4, -0.2) is 18.5 Å². The van der Waals surface area contributed by atoms with Crippen molar-refractivity contribution in [2.75, 3.05) is 11.9 Å². The van der Waals surface area contributed by atoms with Gasteiger partial charge in [0.1, 0.15) is 5.75 Å². The molecule has 0 atom stereocenters. The minimum absolute atomic E-state index is 0.340. The Morgan fingerprint density at radius 2 is 1.02 bits per heavy atom. The van der Waals surface area contributed by atoms with Gasteiger partial charge in [-0.1, -0.05) is 74.0 Å². The maximum absolute atomic E-state index is 12.1. The normalized spacial score (nSPS) is 11.5. The molecule has 0 aliphatic heterocycles. The number of unbranched alkanes of at least 4 members (excludes halogenated alkanes) is 1. The highest BCUT2D eigenvalue weighted by Crippen LogP contribution is 2.37. The van der Waals surface area contributed by atoms with E-state index in [-0.39, 0.29) is 11.9 Å². The Kier molecular flexibility index (Phi) is 12.2. The van der Waals surface area contributed by atoms with Gasteiger partial charge in [0.25, 0.3) is 0 Å². The van der Waals surface area contributed by atoms with E-state index in [0.29, 0.717) is 52.9 Å². The van der Waals surface area contributed by atoms with Gasteiger partial charge in [-0.2, -0.15) is 15.3 Å². The van der Waals surface area contributed by atoms with Gasteiger partial charge in [-0.15, -0.1) is 15.3 Å². The lowest BCUT2D eigenvalue weighted by Crippen LogP contribution is -2.05. The van der Waals surface area contributed by atoms with Crippen LogP contribution in [0.5, 0.6) is 5.75 Å². The molecule has 57 heavy (non-hydrogen) atoms. The van der Waals surface area contributed by atoms with Crippen LogP contribution in [0.2, 0.25) is 0 Å². The number of nitrogens with one attached hydrogen (secondary N) is 1. The summed E-state index contributed by atoms with van der Waals surface area (Å²) in [4.78, 5) is 23.4. The summed E-state index contributed by atoms with van der Waals surface area (Å²) in [7, 11) is 0. The molecule has 0 unspecified atom stereocenters. The van der Waals surface area contributed by atoms with Crippen LogP contribution < -0.4 is 10.1 Å². The van der Waals surface area contributed by atoms with Crippen molar-refractivity contribution in [3.05, 3.63) is 157 Å². The molecule has 7 aromatic carbocycles. The Morgan fingerprint density at radius 3 is 1.56 bits per heavy atom. The topological polar surface area (TPSA) is 139 Å². The number of hydrogen-bond acceptors (Lipinski definition) is 11. The van der Waals surface area contributed by atoms with E-state index in [4.69, 9.17) is 19.7 Å². The first-order valence-corrected chi connectivity index (χ1v) is 18.6. The average Bonchev–Trinajstić information content (AvgIpc) is 3.24. The third-order valence-corrected chi connectivity index (χ3v) is 8.95. The van der Waals surface area contributed by atoms with Crippen molar-refractivity contribution in [2.45, 2.75) is 33.2 Å². The quantitative estimate of drug-likeness (QED) is 0.0510. The standard InChI is InChI=1S/C46H39N7O4/c1-3-4-29-56-46(55)33-15-17-34(18-16-33)48-49-35-19-21-36(22-20-35)50-51-43-27-28-45(41-12-8-7-11-40(41)43)53-52-44-26-25-42(38-9-5-6-10-39(38)44)47-30-32-13-23-37(24-14-32)57-31(2)54/h5-28,47H,3-4,29-30H2,1-2H3. The Bertz CT molecular complexity index is 2600. The van der Waals surface area contributed by atoms with Gasteiger partial charge in [0.2, 0.25) is 0 Å². The van der Waals surface area contributed by atoms with Crippen LogP contribution in [0, 0.1) is 0 Å². The molecular formula is C46H39N7O4. The summed E-state index contributed by atoms with van der Waals surface area (Å²) in [5.41, 5.74) is 6.60. The second kappa shape index (κ2) is 18.3. The van der Waals surface area contributed by atoms with E-state index in [1.54, 1.807) is 36.4 Å². The van der Waals surface area contributed by atoms with Crippen molar-refractivity contribution < 1.29 is 19.1 Å². The molecule has 11 heteroatoms. The second-order valence-electron chi connectivity index (χ2n) is 13.1. The molecule has 11 nitrogen and oxygen atoms in total. The molecule has 0 aliphatic rings. The van der Waals surface area contributed by atoms with Gasteiger partial charge in [0, 0.05) is 40.7 Å². The van der Waals surface area contributed by atoms with Crippen LogP contribution in [0.1, 0.15) is 42.6 Å². The average molecular weight is 754 g/mol. The molecule has 282 valence electrons. The number of hydrogen-bond donors (Lipinski definition) is 1. The fraction of sp³-hybridized carbons (Fsp3) is 0.130. The molecular weight excluding hydrogens is 715 g/mol. The maximum Gasteiger partial charge on any atom is 0.338 e. The van der Waals surface area contributed by atoms with E-state index in [0.717, 1.165) is 51.3 Å². The predicted octanol–water partition coefficient (Wildman–Crippen LogP) is 13.7. The Labute approximate surface area is 329 Å². The fourth-order valence-corrected chi connectivity index (χ4v) is 5.98. The van der Waals surface area contributed by atoms with Crippen molar-refractivity contribution >= 4 is 73.3 Å². The third-order valence-electron chi connectivity index (χ3n) is 8.95. The number of ether oxygens (including phenoxy) is 2. The molecule has 0 fully saturated rings. The number of nitrogens with zero attached hydrogens (tertiary/aromatic N) is 6. The van der Waals surface area contributed by atoms with E-state index in [1.165, 1.54) is 6.92 Å². The molecule has 0 spiro atoms. The van der Waals surface area contributed by atoms with Gasteiger partial charge < -0.3 is 14.8 Å². The molecule has 0 saturated heterocycles. The summed E-state index contributed by atoms with van der Waals surface area (Å²) >= 11 is 0. The molecule has 0 aliphatic carbocycles. The number of fused-ring (bicyclic) bond motifs is 2. The summed E-state index contributed by atoms with van der Waals surface area (Å²) in [5, 5.41) is 34.4. The number of azo groups is 3. The zero-order valence-corrected chi connectivity index (χ0v) is 31.5. The molecule has 0 saturated carbocycles. The zero-order valence-electron chi connectivity index (χ0n) is 31.5. The second-order valence-corrected chi connectivity index (χ2v) is 13.1. The summed E-state index contributed by atoms with van der Waals surface area (Å²) in [6, 6.07) is 45.3. The van der Waals surface area contributed by atoms with Crippen molar-refractivity contribution in [2.24, 2.45) is 30.7 Å². The Hall–Kier alpha value is -7.40. The number of esters is 2. The van der Waals surface area contributed by atoms with Crippen LogP contribution in [0.3, 0.4) is 0 Å². The van der Waals surface area contributed by atoms with E-state index < -0.39 is 0 Å². The van der Waals surface area contributed by atoms with Crippen LogP contribution in [0.25, 0.3) is 21.5 Å². The Morgan fingerprint density at radius 1 is 0.544 bits per heavy atom. The highest BCUT2D eigenvalue weighted by molar-refractivity contribution is 6.02. The van der Waals surface area contributed by atoms with Crippen molar-refractivity contribution in [3.63, 3.8) is 0 Å². The molecule has 7 aromatic rings. The van der Waals surface area contributed by atoms with E-state index >= 15 is 0 Å². The van der Waals surface area contributed by atoms with Gasteiger partial charge in [-0.25, -0.2) is 4.79 Å². The highest BCUT2D eigenvalue weighted by atomic mass is 16.5. The number of benzene rings is 7. The van der Waals surface area contributed by atoms with Crippen LogP contribution in [0.15, 0.2) is 176 Å². The lowest BCUT2D eigenvalue weighted by atomic mass is 10.1. The van der Waals surface area contributed by atoms with Crippen LogP contribution in [0.4, 0.5) is 39.8 Å². The lowest BCUT2D eigenvalue weighted by Gasteiger charge is -2.12. The number of carbonyl (C=O) groups excluding carboxylic acids is 2. The molecule has 1 N–H and O–H groups in total. The molecule has 7 rings (SSSR count). The first-order chi connectivity index (χ1) is 27.9. The van der Waals surface area contributed by atoms with Crippen LogP contribution in [-0.2, 0) is 16.1 Å². The van der Waals surface area contributed by atoms with Gasteiger partial charge in [0.05, 0.1) is 46.3 Å². The zero-order chi connectivity index (χ0) is 39.4. The third kappa shape index (κ3) is 9.83. The summed E-state index contributed by atoms with van der Waals surface area (Å²) in [5.74, 6) is -0.167. The number of rotatable bonds is 14. The first kappa shape index (κ1) is 37.9. The van der Waals surface area contributed by atoms with Crippen molar-refractivity contribution in [1.82, 2.24) is 0 Å². The Balaban J connectivity index is 1.02. The van der Waals surface area contributed by atoms with E-state index in [1.807, 2.05) is 110 Å². The highest BCUT2D eigenvalue weighted by Gasteiger charge is 2.10. The van der Waals surface area contributed by atoms with Crippen LogP contribution >= 0.6 is 0 Å². The van der Waals surface area contributed by atoms with Crippen molar-refractivity contribution in [3.8, 4) is 5.75 Å². The predicted molar refractivity (Wildman–Crippen MR) is 224 cm³/mol. The molecule has 0 radical (unpaired) electrons. The number of carbonyl (C=O) groups is 2. The minimum Gasteiger partial charge on any atom is -0.462 e. The summed E-state index contributed by atoms with van der Waals surface area (Å²) in [6.45, 7) is 4.44. The monoisotopic (exact) mass is 753 g/mol. The lowest BCUT2D eigenvalue weighted by molar-refractivity contribution is -0.131. The SMILES string of the molecule is CCCCOC(=O)c1ccc(N=Nc2ccc(N=Nc3ccc(N=Nc4ccc(NCc5ccc(OC(C)=O)cc5)c5ccccc45)c4ccccc34)cc2)cc1. The molecule has 0 amide bonds. The fourth-order valence-electron chi connectivity index (χ4n) is 5.98. The molecule has 0 heterocycles. The molecule has 0 bridgehead atoms. The largest absolute Gasteiger partial charge is 0.462 e. The van der Waals surface area contributed by atoms with Crippen molar-refractivity contribution in [1.29, 1.82) is 0 Å².